The van der Waals surface area contributed by atoms with Gasteiger partial charge >= 0.3 is 5.97 Å². The van der Waals surface area contributed by atoms with Crippen molar-refractivity contribution in [2.45, 2.75) is 39.4 Å². The fourth-order valence-corrected chi connectivity index (χ4v) is 2.40. The lowest BCUT2D eigenvalue weighted by molar-refractivity contribution is -0.163. The molecule has 0 aromatic heterocycles. The zero-order chi connectivity index (χ0) is 18.6. The maximum Gasteiger partial charge on any atom is 0.350 e. The highest BCUT2D eigenvalue weighted by Crippen LogP contribution is 2.22. The molecule has 0 aliphatic heterocycles. The van der Waals surface area contributed by atoms with Gasteiger partial charge in [0.2, 0.25) is 0 Å². The second kappa shape index (κ2) is 7.83. The van der Waals surface area contributed by atoms with Gasteiger partial charge in [-0.2, -0.15) is 0 Å². The van der Waals surface area contributed by atoms with Crippen LogP contribution in [0.5, 0.6) is 5.75 Å². The molecular formula is C20H21BrO4. The van der Waals surface area contributed by atoms with Crippen LogP contribution >= 0.6 is 15.9 Å². The summed E-state index contributed by atoms with van der Waals surface area (Å²) in [5.41, 5.74) is 0.0524. The van der Waals surface area contributed by atoms with Gasteiger partial charge in [0.15, 0.2) is 11.4 Å². The van der Waals surface area contributed by atoms with E-state index < -0.39 is 11.6 Å². The summed E-state index contributed by atoms with van der Waals surface area (Å²) >= 11 is 3.35. The molecule has 0 aliphatic carbocycles. The number of rotatable bonds is 6. The first-order valence-corrected chi connectivity index (χ1v) is 8.79. The van der Waals surface area contributed by atoms with Gasteiger partial charge in [-0.25, -0.2) is 4.79 Å². The maximum absolute atomic E-state index is 12.5. The number of benzene rings is 2. The molecule has 0 unspecified atom stereocenters. The quantitative estimate of drug-likeness (QED) is 0.512. The first-order valence-electron chi connectivity index (χ1n) is 7.99. The molecule has 2 aromatic carbocycles. The average Bonchev–Trinajstić information content (AvgIpc) is 2.54. The van der Waals surface area contributed by atoms with Crippen molar-refractivity contribution in [2.24, 2.45) is 0 Å². The van der Waals surface area contributed by atoms with Gasteiger partial charge in [-0.1, -0.05) is 15.9 Å². The van der Waals surface area contributed by atoms with E-state index in [9.17, 15) is 9.59 Å². The molecule has 2 aromatic rings. The van der Waals surface area contributed by atoms with Crippen LogP contribution in [0.2, 0.25) is 0 Å². The Morgan fingerprint density at radius 3 is 1.88 bits per heavy atom. The van der Waals surface area contributed by atoms with Gasteiger partial charge < -0.3 is 9.47 Å². The maximum atomic E-state index is 12.5. The first-order chi connectivity index (χ1) is 11.7. The summed E-state index contributed by atoms with van der Waals surface area (Å²) in [5.74, 6) is -0.00638. The van der Waals surface area contributed by atoms with Crippen molar-refractivity contribution in [3.8, 4) is 5.75 Å². The monoisotopic (exact) mass is 404 g/mol. The topological polar surface area (TPSA) is 52.6 Å². The predicted molar refractivity (Wildman–Crippen MR) is 100.0 cm³/mol. The molecule has 0 saturated carbocycles. The SMILES string of the molecule is CC(C)OC(=O)C(C)(C)Oc1ccc(C(=O)c2ccc(Br)cc2)cc1. The molecule has 0 spiro atoms. The highest BCUT2D eigenvalue weighted by atomic mass is 79.9. The molecule has 5 heteroatoms. The Bertz CT molecular complexity index is 746. The summed E-state index contributed by atoms with van der Waals surface area (Å²) < 4.78 is 11.8. The van der Waals surface area contributed by atoms with Crippen molar-refractivity contribution < 1.29 is 19.1 Å². The Morgan fingerprint density at radius 2 is 1.40 bits per heavy atom. The number of ketones is 1. The van der Waals surface area contributed by atoms with Crippen LogP contribution in [0.1, 0.15) is 43.6 Å². The van der Waals surface area contributed by atoms with Gasteiger partial charge in [0.05, 0.1) is 6.10 Å². The van der Waals surface area contributed by atoms with E-state index in [1.54, 1.807) is 64.1 Å². The molecule has 0 aliphatic rings. The lowest BCUT2D eigenvalue weighted by atomic mass is 10.0. The van der Waals surface area contributed by atoms with E-state index in [1.807, 2.05) is 12.1 Å². The van der Waals surface area contributed by atoms with E-state index in [2.05, 4.69) is 15.9 Å². The Balaban J connectivity index is 2.10. The predicted octanol–water partition coefficient (Wildman–Crippen LogP) is 4.79. The van der Waals surface area contributed by atoms with Gasteiger partial charge in [-0.3, -0.25) is 4.79 Å². The van der Waals surface area contributed by atoms with E-state index in [0.29, 0.717) is 16.9 Å². The number of esters is 1. The van der Waals surface area contributed by atoms with Gasteiger partial charge in [-0.05, 0) is 76.2 Å². The standard InChI is InChI=1S/C20H21BrO4/c1-13(2)24-19(23)20(3,4)25-17-11-7-15(8-12-17)18(22)14-5-9-16(21)10-6-14/h5-13H,1-4H3. The highest BCUT2D eigenvalue weighted by Gasteiger charge is 2.32. The molecule has 25 heavy (non-hydrogen) atoms. The summed E-state index contributed by atoms with van der Waals surface area (Å²) in [5, 5.41) is 0. The minimum atomic E-state index is -1.11. The molecule has 2 rings (SSSR count). The summed E-state index contributed by atoms with van der Waals surface area (Å²) in [6.07, 6.45) is -0.207. The number of carbonyl (C=O) groups excluding carboxylic acids is 2. The van der Waals surface area contributed by atoms with Crippen molar-refractivity contribution >= 4 is 27.7 Å². The van der Waals surface area contributed by atoms with Crippen LogP contribution in [0, 0.1) is 0 Å². The number of halogens is 1. The lowest BCUT2D eigenvalue weighted by Gasteiger charge is -2.25. The average molecular weight is 405 g/mol. The third kappa shape index (κ3) is 5.16. The van der Waals surface area contributed by atoms with Crippen molar-refractivity contribution in [1.29, 1.82) is 0 Å². The van der Waals surface area contributed by atoms with Crippen LogP contribution in [-0.4, -0.2) is 23.5 Å². The van der Waals surface area contributed by atoms with Crippen LogP contribution in [0.25, 0.3) is 0 Å². The Hall–Kier alpha value is -2.14. The number of carbonyl (C=O) groups is 2. The second-order valence-electron chi connectivity index (χ2n) is 6.43. The second-order valence-corrected chi connectivity index (χ2v) is 7.34. The summed E-state index contributed by atoms with van der Waals surface area (Å²) in [7, 11) is 0. The molecule has 0 bridgehead atoms. The minimum absolute atomic E-state index is 0.0717. The number of hydrogen-bond acceptors (Lipinski definition) is 4. The lowest BCUT2D eigenvalue weighted by Crippen LogP contribution is -2.40. The highest BCUT2D eigenvalue weighted by molar-refractivity contribution is 9.10. The van der Waals surface area contributed by atoms with Crippen LogP contribution in [0.3, 0.4) is 0 Å². The Labute approximate surface area is 156 Å². The molecular weight excluding hydrogens is 384 g/mol. The van der Waals surface area contributed by atoms with E-state index >= 15 is 0 Å². The van der Waals surface area contributed by atoms with Gasteiger partial charge in [0, 0.05) is 15.6 Å². The smallest absolute Gasteiger partial charge is 0.350 e. The molecule has 0 amide bonds. The Kier molecular flexibility index (Phi) is 6.01. The molecule has 0 fully saturated rings. The van der Waals surface area contributed by atoms with E-state index in [4.69, 9.17) is 9.47 Å². The molecule has 0 atom stereocenters. The molecule has 0 heterocycles. The minimum Gasteiger partial charge on any atom is -0.476 e. The van der Waals surface area contributed by atoms with Crippen LogP contribution < -0.4 is 4.74 Å². The third-order valence-electron chi connectivity index (χ3n) is 3.43. The van der Waals surface area contributed by atoms with Crippen molar-refractivity contribution in [3.05, 3.63) is 64.1 Å². The number of ether oxygens (including phenoxy) is 2. The Morgan fingerprint density at radius 1 is 0.920 bits per heavy atom. The zero-order valence-corrected chi connectivity index (χ0v) is 16.3. The molecule has 0 N–H and O–H groups in total. The molecule has 0 radical (unpaired) electrons. The van der Waals surface area contributed by atoms with Gasteiger partial charge in [0.25, 0.3) is 0 Å². The van der Waals surface area contributed by atoms with Crippen molar-refractivity contribution in [3.63, 3.8) is 0 Å². The summed E-state index contributed by atoms with van der Waals surface area (Å²) in [4.78, 5) is 24.5. The number of hydrogen-bond donors (Lipinski definition) is 0. The summed E-state index contributed by atoms with van der Waals surface area (Å²) in [6, 6.07) is 13.9. The summed E-state index contributed by atoms with van der Waals surface area (Å²) in [6.45, 7) is 6.88. The van der Waals surface area contributed by atoms with Crippen LogP contribution in [-0.2, 0) is 9.53 Å². The first kappa shape index (κ1) is 19.2. The van der Waals surface area contributed by atoms with E-state index in [0.717, 1.165) is 4.47 Å². The fourth-order valence-electron chi connectivity index (χ4n) is 2.13. The van der Waals surface area contributed by atoms with Crippen molar-refractivity contribution in [1.82, 2.24) is 0 Å². The van der Waals surface area contributed by atoms with E-state index in [1.165, 1.54) is 0 Å². The zero-order valence-electron chi connectivity index (χ0n) is 14.7. The van der Waals surface area contributed by atoms with Crippen LogP contribution in [0.4, 0.5) is 0 Å². The van der Waals surface area contributed by atoms with Crippen molar-refractivity contribution in [2.75, 3.05) is 0 Å². The third-order valence-corrected chi connectivity index (χ3v) is 3.96. The molecule has 0 saturated heterocycles. The van der Waals surface area contributed by atoms with Gasteiger partial charge in [-0.15, -0.1) is 0 Å². The van der Waals surface area contributed by atoms with E-state index in [-0.39, 0.29) is 11.9 Å². The van der Waals surface area contributed by atoms with Crippen LogP contribution in [0.15, 0.2) is 53.0 Å². The fraction of sp³-hybridized carbons (Fsp3) is 0.300. The largest absolute Gasteiger partial charge is 0.476 e. The normalized spacial score (nSPS) is 11.3. The van der Waals surface area contributed by atoms with Gasteiger partial charge in [0.1, 0.15) is 5.75 Å². The molecule has 4 nitrogen and oxygen atoms in total. The molecule has 132 valence electrons.